The van der Waals surface area contributed by atoms with Gasteiger partial charge in [0.15, 0.2) is 0 Å². The smallest absolute Gasteiger partial charge is 0.352 e. The average Bonchev–Trinajstić information content (AvgIpc) is 3.65. The number of carbonyl (C=O) groups is 2. The summed E-state index contributed by atoms with van der Waals surface area (Å²) in [5.41, 5.74) is 11.7. The minimum absolute atomic E-state index is 0.216. The maximum atomic E-state index is 10.7. The van der Waals surface area contributed by atoms with E-state index in [0.29, 0.717) is 16.7 Å². The normalized spacial score (nSPS) is 13.9. The molecular weight excluding hydrogens is 652 g/mol. The lowest BCUT2D eigenvalue weighted by Crippen LogP contribution is -2.18. The monoisotopic (exact) mass is 676 g/mol. The molecule has 0 saturated carbocycles. The van der Waals surface area contributed by atoms with Crippen molar-refractivity contribution >= 4 is 81.9 Å². The van der Waals surface area contributed by atoms with Crippen molar-refractivity contribution < 1.29 is 24.5 Å². The second-order valence-electron chi connectivity index (χ2n) is 8.20. The van der Waals surface area contributed by atoms with Crippen LogP contribution in [-0.2, 0) is 4.74 Å². The highest BCUT2D eigenvalue weighted by atomic mass is 79.9. The average molecular weight is 678 g/mol. The van der Waals surface area contributed by atoms with Crippen LogP contribution in [0.4, 0.5) is 5.82 Å². The van der Waals surface area contributed by atoms with Crippen LogP contribution in [0.3, 0.4) is 0 Å². The van der Waals surface area contributed by atoms with Crippen LogP contribution in [0, 0.1) is 0 Å². The van der Waals surface area contributed by atoms with E-state index in [2.05, 4.69) is 41.8 Å². The minimum Gasteiger partial charge on any atom is -0.477 e. The van der Waals surface area contributed by atoms with Gasteiger partial charge in [-0.15, -0.1) is 11.3 Å². The van der Waals surface area contributed by atoms with Crippen LogP contribution in [0.2, 0.25) is 0 Å². The van der Waals surface area contributed by atoms with Gasteiger partial charge >= 0.3 is 11.9 Å². The maximum absolute atomic E-state index is 10.7. The number of nitrogens with two attached hydrogens (primary N) is 2. The Bertz CT molecular complexity index is 1450. The van der Waals surface area contributed by atoms with Gasteiger partial charge in [0.2, 0.25) is 0 Å². The lowest BCUT2D eigenvalue weighted by molar-refractivity contribution is 0.0685. The third-order valence-corrected chi connectivity index (χ3v) is 7.23. The highest BCUT2D eigenvalue weighted by Crippen LogP contribution is 2.28. The number of hydrogen-bond donors (Lipinski definition) is 5. The number of nitrogens with zero attached hydrogens (tertiary/aromatic N) is 1. The van der Waals surface area contributed by atoms with Gasteiger partial charge in [0.1, 0.15) is 16.4 Å². The van der Waals surface area contributed by atoms with Gasteiger partial charge in [0.25, 0.3) is 0 Å². The van der Waals surface area contributed by atoms with Crippen molar-refractivity contribution in [3.63, 3.8) is 0 Å². The largest absolute Gasteiger partial charge is 0.477 e. The molecule has 1 aliphatic heterocycles. The number of ether oxygens (including phenoxy) is 1. The zero-order valence-electron chi connectivity index (χ0n) is 20.5. The molecule has 1 unspecified atom stereocenters. The number of pyridine rings is 1. The van der Waals surface area contributed by atoms with E-state index in [1.54, 1.807) is 24.4 Å². The summed E-state index contributed by atoms with van der Waals surface area (Å²) in [4.78, 5) is 28.2. The van der Waals surface area contributed by atoms with Gasteiger partial charge in [-0.1, -0.05) is 50.1 Å². The molecule has 0 spiro atoms. The molecule has 3 aromatic heterocycles. The Kier molecular flexibility index (Phi) is 11.4. The molecule has 2 aromatic carbocycles. The molecule has 39 heavy (non-hydrogen) atoms. The zero-order chi connectivity index (χ0) is 28.4. The van der Waals surface area contributed by atoms with Crippen LogP contribution < -0.4 is 11.5 Å². The number of hydrogen-bond acceptors (Lipinski definition) is 7. The van der Waals surface area contributed by atoms with Crippen molar-refractivity contribution in [1.29, 1.82) is 0 Å². The predicted octanol–water partition coefficient (Wildman–Crippen LogP) is 6.39. The number of halogens is 2. The van der Waals surface area contributed by atoms with Crippen molar-refractivity contribution in [2.75, 3.05) is 18.9 Å². The Labute approximate surface area is 245 Å². The third kappa shape index (κ3) is 9.75. The summed E-state index contributed by atoms with van der Waals surface area (Å²) in [7, 11) is 0. The highest BCUT2D eigenvalue weighted by Gasteiger charge is 2.09. The standard InChI is InChI=1S/C9H6BrNO2.C9H5BrO2S.C5H6N2.C4H9NO/c10-6-2-1-5-3-8(9(12)13)11-7(5)4-6;10-6-2-1-5-3-8(9(11)12)13-7(5)4-6;6-5-3-1-2-4-7-5;5-4-1-2-6-3-4/h1-4,11H,(H,12,13);1-4H,(H,11,12);1-4H,(H2,6,7);4H,1-3,5H2. The molecule has 1 aliphatic rings. The number of nitrogen functional groups attached to an aromatic ring is 1. The first-order valence-electron chi connectivity index (χ1n) is 11.6. The highest BCUT2D eigenvalue weighted by molar-refractivity contribution is 9.10. The van der Waals surface area contributed by atoms with Crippen LogP contribution in [0.15, 0.2) is 81.9 Å². The molecule has 204 valence electrons. The summed E-state index contributed by atoms with van der Waals surface area (Å²) < 4.78 is 7.82. The van der Waals surface area contributed by atoms with Crippen molar-refractivity contribution in [3.05, 3.63) is 92.4 Å². The molecule has 1 atom stereocenters. The van der Waals surface area contributed by atoms with Crippen molar-refractivity contribution in [3.8, 4) is 0 Å². The minimum atomic E-state index is -0.938. The molecule has 0 aliphatic carbocycles. The number of thiophene rings is 1. The van der Waals surface area contributed by atoms with Gasteiger partial charge in [-0.2, -0.15) is 0 Å². The lowest BCUT2D eigenvalue weighted by Gasteiger charge is -1.90. The lowest BCUT2D eigenvalue weighted by atomic mass is 10.2. The Morgan fingerprint density at radius 2 is 1.69 bits per heavy atom. The fourth-order valence-electron chi connectivity index (χ4n) is 3.25. The van der Waals surface area contributed by atoms with Crippen molar-refractivity contribution in [1.82, 2.24) is 9.97 Å². The van der Waals surface area contributed by atoms with Crippen LogP contribution in [0.25, 0.3) is 21.0 Å². The SMILES string of the molecule is NC1CCOC1.Nc1ccccn1.O=C(O)c1cc2ccc(Br)cc2[nH]1.O=C(O)c1cc2ccc(Br)cc2s1. The summed E-state index contributed by atoms with van der Waals surface area (Å²) in [6.45, 7) is 1.63. The summed E-state index contributed by atoms with van der Waals surface area (Å²) in [6, 6.07) is 20.4. The molecule has 6 rings (SSSR count). The number of aromatic nitrogens is 2. The number of aromatic carboxylic acids is 2. The summed E-state index contributed by atoms with van der Waals surface area (Å²) >= 11 is 7.94. The van der Waals surface area contributed by atoms with Crippen molar-refractivity contribution in [2.45, 2.75) is 12.5 Å². The van der Waals surface area contributed by atoms with E-state index < -0.39 is 11.9 Å². The van der Waals surface area contributed by atoms with E-state index in [4.69, 9.17) is 26.4 Å². The van der Waals surface area contributed by atoms with Crippen molar-refractivity contribution in [2.24, 2.45) is 5.73 Å². The topological polar surface area (TPSA) is 165 Å². The second kappa shape index (κ2) is 14.8. The second-order valence-corrected chi connectivity index (χ2v) is 11.1. The Balaban J connectivity index is 0.000000151. The van der Waals surface area contributed by atoms with Gasteiger partial charge in [-0.3, -0.25) is 0 Å². The zero-order valence-corrected chi connectivity index (χ0v) is 24.5. The van der Waals surface area contributed by atoms with E-state index in [9.17, 15) is 9.59 Å². The number of carboxylic acids is 2. The molecule has 0 amide bonds. The van der Waals surface area contributed by atoms with Crippen LogP contribution in [0.5, 0.6) is 0 Å². The van der Waals surface area contributed by atoms with E-state index in [0.717, 1.165) is 49.6 Å². The van der Waals surface area contributed by atoms with Crippen LogP contribution >= 0.6 is 43.2 Å². The van der Waals surface area contributed by atoms with Gasteiger partial charge in [-0.25, -0.2) is 14.6 Å². The number of nitrogens with one attached hydrogen (secondary N) is 1. The number of aromatic amines is 1. The molecule has 12 heteroatoms. The molecule has 1 fully saturated rings. The molecule has 0 bridgehead atoms. The molecule has 5 aromatic rings. The third-order valence-electron chi connectivity index (χ3n) is 5.16. The fraction of sp³-hybridized carbons (Fsp3) is 0.148. The molecule has 7 N–H and O–H groups in total. The first kappa shape index (κ1) is 30.3. The Morgan fingerprint density at radius 1 is 0.974 bits per heavy atom. The number of rotatable bonds is 2. The molecule has 4 heterocycles. The fourth-order valence-corrected chi connectivity index (χ4v) is 5.07. The maximum Gasteiger partial charge on any atom is 0.352 e. The predicted molar refractivity (Wildman–Crippen MR) is 162 cm³/mol. The number of carboxylic acid groups (broad SMARTS) is 2. The number of fused-ring (bicyclic) bond motifs is 2. The summed E-state index contributed by atoms with van der Waals surface area (Å²) in [6.07, 6.45) is 2.70. The van der Waals surface area contributed by atoms with Gasteiger partial charge in [0.05, 0.1) is 6.61 Å². The van der Waals surface area contributed by atoms with E-state index in [-0.39, 0.29) is 5.69 Å². The van der Waals surface area contributed by atoms with E-state index in [1.807, 2.05) is 48.5 Å². The first-order valence-corrected chi connectivity index (χ1v) is 14.0. The van der Waals surface area contributed by atoms with E-state index >= 15 is 0 Å². The van der Waals surface area contributed by atoms with Crippen LogP contribution in [-0.4, -0.2) is 51.4 Å². The Morgan fingerprint density at radius 3 is 2.21 bits per heavy atom. The Hall–Kier alpha value is -3.29. The summed E-state index contributed by atoms with van der Waals surface area (Å²) in [5.74, 6) is -1.23. The molecule has 1 saturated heterocycles. The van der Waals surface area contributed by atoms with E-state index in [1.165, 1.54) is 11.3 Å². The number of benzene rings is 2. The first-order chi connectivity index (χ1) is 18.6. The quantitative estimate of drug-likeness (QED) is 0.143. The molecular formula is C27H26Br2N4O5S. The molecule has 0 radical (unpaired) electrons. The van der Waals surface area contributed by atoms with Gasteiger partial charge in [-0.05, 0) is 60.3 Å². The number of H-pyrrole nitrogens is 1. The van der Waals surface area contributed by atoms with Gasteiger partial charge < -0.3 is 31.4 Å². The van der Waals surface area contributed by atoms with Gasteiger partial charge in [0, 0.05) is 43.4 Å². The number of anilines is 1. The van der Waals surface area contributed by atoms with Crippen LogP contribution in [0.1, 0.15) is 26.6 Å². The summed E-state index contributed by atoms with van der Waals surface area (Å²) in [5, 5.41) is 19.3. The molecule has 9 nitrogen and oxygen atoms in total.